The number of esters is 1. The Hall–Kier alpha value is -3.36. The van der Waals surface area contributed by atoms with Crippen LogP contribution in [-0.4, -0.2) is 40.8 Å². The summed E-state index contributed by atoms with van der Waals surface area (Å²) in [5.74, 6) is -2.41. The van der Waals surface area contributed by atoms with Gasteiger partial charge in [-0.25, -0.2) is 9.59 Å². The fraction of sp³-hybridized carbons (Fsp3) is 0.478. The van der Waals surface area contributed by atoms with Crippen molar-refractivity contribution in [2.75, 3.05) is 13.2 Å². The van der Waals surface area contributed by atoms with Crippen molar-refractivity contribution in [1.29, 1.82) is 10.5 Å². The molecule has 0 spiro atoms. The van der Waals surface area contributed by atoms with Gasteiger partial charge >= 0.3 is 11.9 Å². The van der Waals surface area contributed by atoms with Gasteiger partial charge in [0.05, 0.1) is 18.9 Å². The number of hydrogen-bond donors (Lipinski definition) is 1. The predicted octanol–water partition coefficient (Wildman–Crippen LogP) is 3.56. The summed E-state index contributed by atoms with van der Waals surface area (Å²) < 4.78 is 11.2. The molecule has 0 aromatic rings. The molecular weight excluding hydrogens is 398 g/mol. The van der Waals surface area contributed by atoms with Crippen LogP contribution >= 0.6 is 0 Å². The predicted molar refractivity (Wildman–Crippen MR) is 112 cm³/mol. The lowest BCUT2D eigenvalue weighted by Gasteiger charge is -2.39. The maximum Gasteiger partial charge on any atom is 0.340 e. The van der Waals surface area contributed by atoms with Crippen molar-refractivity contribution in [2.45, 2.75) is 52.1 Å². The molecule has 31 heavy (non-hydrogen) atoms. The minimum Gasteiger partial charge on any atom is -0.478 e. The number of carbonyl (C=O) groups excluding carboxylic acids is 1. The van der Waals surface area contributed by atoms with E-state index in [4.69, 9.17) is 9.47 Å². The number of hydrogen-bond acceptors (Lipinski definition) is 7. The normalized spacial score (nSPS) is 19.9. The number of unbranched alkanes of at least 4 members (excludes halogenated alkanes) is 3. The fourth-order valence-electron chi connectivity index (χ4n) is 3.39. The summed E-state index contributed by atoms with van der Waals surface area (Å²) >= 11 is 0. The van der Waals surface area contributed by atoms with E-state index in [1.165, 1.54) is 17.2 Å². The quantitative estimate of drug-likeness (QED) is 0.416. The van der Waals surface area contributed by atoms with Crippen molar-refractivity contribution in [1.82, 2.24) is 4.90 Å². The number of allylic oxidation sites excluding steroid dienone is 4. The molecule has 2 aliphatic heterocycles. The SMILES string of the molecule is CCCCCCOC(=O)C1=C2C=CC=CN2C(C#N)=C(C(=O)O)C1(C#N)OCC(C)C. The highest BCUT2D eigenvalue weighted by atomic mass is 16.5. The summed E-state index contributed by atoms with van der Waals surface area (Å²) in [5, 5.41) is 29.8. The number of ether oxygens (including phenoxy) is 2. The summed E-state index contributed by atoms with van der Waals surface area (Å²) in [6.45, 7) is 5.87. The van der Waals surface area contributed by atoms with Crippen LogP contribution in [0.5, 0.6) is 0 Å². The van der Waals surface area contributed by atoms with E-state index < -0.39 is 23.1 Å². The van der Waals surface area contributed by atoms with Crippen LogP contribution in [0, 0.1) is 28.6 Å². The highest BCUT2D eigenvalue weighted by molar-refractivity contribution is 6.02. The molecule has 0 fully saturated rings. The van der Waals surface area contributed by atoms with Gasteiger partial charge in [-0.15, -0.1) is 0 Å². The third-order valence-electron chi connectivity index (χ3n) is 4.84. The zero-order valence-electron chi connectivity index (χ0n) is 18.1. The van der Waals surface area contributed by atoms with E-state index in [9.17, 15) is 25.2 Å². The third-order valence-corrected chi connectivity index (χ3v) is 4.84. The van der Waals surface area contributed by atoms with Gasteiger partial charge in [-0.2, -0.15) is 10.5 Å². The fourth-order valence-corrected chi connectivity index (χ4v) is 3.39. The Labute approximate surface area is 182 Å². The number of rotatable bonds is 10. The largest absolute Gasteiger partial charge is 0.478 e. The number of carbonyl (C=O) groups is 2. The van der Waals surface area contributed by atoms with Crippen LogP contribution in [0.1, 0.15) is 46.5 Å². The number of carboxylic acid groups (broad SMARTS) is 1. The monoisotopic (exact) mass is 425 g/mol. The summed E-state index contributed by atoms with van der Waals surface area (Å²) in [6, 6.07) is 3.75. The van der Waals surface area contributed by atoms with Crippen LogP contribution in [-0.2, 0) is 19.1 Å². The van der Waals surface area contributed by atoms with Crippen molar-refractivity contribution < 1.29 is 24.2 Å². The van der Waals surface area contributed by atoms with Crippen molar-refractivity contribution in [3.8, 4) is 12.1 Å². The highest BCUT2D eigenvalue weighted by Crippen LogP contribution is 2.43. The highest BCUT2D eigenvalue weighted by Gasteiger charge is 2.55. The van der Waals surface area contributed by atoms with Crippen LogP contribution in [0.15, 0.2) is 47.0 Å². The summed E-state index contributed by atoms with van der Waals surface area (Å²) in [4.78, 5) is 26.7. The first-order valence-corrected chi connectivity index (χ1v) is 10.3. The van der Waals surface area contributed by atoms with Crippen LogP contribution in [0.2, 0.25) is 0 Å². The summed E-state index contributed by atoms with van der Waals surface area (Å²) in [5.41, 5.74) is -3.20. The van der Waals surface area contributed by atoms with Gasteiger partial charge < -0.3 is 19.5 Å². The zero-order valence-corrected chi connectivity index (χ0v) is 18.1. The number of nitriles is 2. The summed E-state index contributed by atoms with van der Waals surface area (Å²) in [6.07, 6.45) is 9.80. The Bertz CT molecular complexity index is 930. The Morgan fingerprint density at radius 2 is 1.94 bits per heavy atom. The van der Waals surface area contributed by atoms with Crippen molar-refractivity contribution in [2.24, 2.45) is 5.92 Å². The standard InChI is InChI=1S/C23H27N3O5/c1-4-5-6-9-12-30-22(29)20-17-10-7-8-11-26(17)18(13-24)19(21(27)28)23(20,15-25)31-14-16(2)3/h7-8,10-11,16H,4-6,9,12,14H2,1-3H3,(H,27,28). The van der Waals surface area contributed by atoms with E-state index in [0.29, 0.717) is 6.42 Å². The average molecular weight is 425 g/mol. The topological polar surface area (TPSA) is 124 Å². The Morgan fingerprint density at radius 3 is 2.52 bits per heavy atom. The lowest BCUT2D eigenvalue weighted by molar-refractivity contribution is -0.142. The van der Waals surface area contributed by atoms with Crippen molar-refractivity contribution >= 4 is 11.9 Å². The van der Waals surface area contributed by atoms with Crippen LogP contribution in [0.4, 0.5) is 0 Å². The van der Waals surface area contributed by atoms with Crippen LogP contribution in [0.25, 0.3) is 0 Å². The maximum atomic E-state index is 13.2. The van der Waals surface area contributed by atoms with Gasteiger partial charge in [0.2, 0.25) is 5.60 Å². The van der Waals surface area contributed by atoms with Gasteiger partial charge in [0.15, 0.2) is 0 Å². The minimum absolute atomic E-state index is 0.00314. The lowest BCUT2D eigenvalue weighted by atomic mass is 9.80. The minimum atomic E-state index is -2.27. The van der Waals surface area contributed by atoms with E-state index in [1.807, 2.05) is 26.0 Å². The van der Waals surface area contributed by atoms with E-state index in [-0.39, 0.29) is 36.1 Å². The molecule has 0 radical (unpaired) electrons. The first-order valence-electron chi connectivity index (χ1n) is 10.3. The van der Waals surface area contributed by atoms with Gasteiger partial charge in [-0.05, 0) is 24.5 Å². The maximum absolute atomic E-state index is 13.2. The van der Waals surface area contributed by atoms with Gasteiger partial charge in [-0.3, -0.25) is 0 Å². The molecule has 0 saturated carbocycles. The van der Waals surface area contributed by atoms with E-state index in [0.717, 1.165) is 19.3 Å². The average Bonchev–Trinajstić information content (AvgIpc) is 2.75. The second-order valence-electron chi connectivity index (χ2n) is 7.67. The van der Waals surface area contributed by atoms with Crippen molar-refractivity contribution in [3.05, 3.63) is 47.0 Å². The molecule has 2 aliphatic rings. The Morgan fingerprint density at radius 1 is 1.19 bits per heavy atom. The van der Waals surface area contributed by atoms with E-state index in [1.54, 1.807) is 12.2 Å². The zero-order chi connectivity index (χ0) is 23.0. The van der Waals surface area contributed by atoms with Gasteiger partial charge in [-0.1, -0.05) is 46.1 Å². The molecular formula is C23H27N3O5. The van der Waals surface area contributed by atoms with E-state index in [2.05, 4.69) is 6.92 Å². The number of carboxylic acids is 1. The smallest absolute Gasteiger partial charge is 0.340 e. The molecule has 0 saturated heterocycles. The molecule has 1 N–H and O–H groups in total. The molecule has 1 atom stereocenters. The molecule has 0 amide bonds. The second kappa shape index (κ2) is 10.6. The molecule has 8 nitrogen and oxygen atoms in total. The van der Waals surface area contributed by atoms with Gasteiger partial charge in [0, 0.05) is 6.20 Å². The molecule has 164 valence electrons. The number of nitrogens with zero attached hydrogens (tertiary/aromatic N) is 3. The van der Waals surface area contributed by atoms with Crippen molar-refractivity contribution in [3.63, 3.8) is 0 Å². The third kappa shape index (κ3) is 4.87. The molecule has 8 heteroatoms. The second-order valence-corrected chi connectivity index (χ2v) is 7.67. The van der Waals surface area contributed by atoms with Crippen LogP contribution in [0.3, 0.4) is 0 Å². The van der Waals surface area contributed by atoms with Gasteiger partial charge in [0.25, 0.3) is 0 Å². The van der Waals surface area contributed by atoms with Gasteiger partial charge in [0.1, 0.15) is 29.0 Å². The molecule has 2 heterocycles. The first-order chi connectivity index (χ1) is 14.8. The molecule has 0 aliphatic carbocycles. The molecule has 0 aromatic heterocycles. The molecule has 0 bridgehead atoms. The Kier molecular flexibility index (Phi) is 8.18. The lowest BCUT2D eigenvalue weighted by Crippen LogP contribution is -2.49. The molecule has 2 rings (SSSR count). The van der Waals surface area contributed by atoms with E-state index >= 15 is 0 Å². The number of aliphatic carboxylic acids is 1. The molecule has 1 unspecified atom stereocenters. The number of fused-ring (bicyclic) bond motifs is 1. The summed E-state index contributed by atoms with van der Waals surface area (Å²) in [7, 11) is 0. The Balaban J connectivity index is 2.62. The van der Waals surface area contributed by atoms with Crippen LogP contribution < -0.4 is 0 Å². The molecule has 0 aromatic carbocycles. The first kappa shape index (κ1) is 23.9.